The van der Waals surface area contributed by atoms with Crippen LogP contribution in [0.5, 0.6) is 5.75 Å². The van der Waals surface area contributed by atoms with Crippen LogP contribution >= 0.6 is 11.6 Å². The highest BCUT2D eigenvalue weighted by molar-refractivity contribution is 6.30. The molecule has 1 fully saturated rings. The molecule has 2 atom stereocenters. The summed E-state index contributed by atoms with van der Waals surface area (Å²) < 4.78 is 5.89. The lowest BCUT2D eigenvalue weighted by Gasteiger charge is -2.46. The molecule has 2 heterocycles. The quantitative estimate of drug-likeness (QED) is 0.695. The molecule has 0 N–H and O–H groups in total. The van der Waals surface area contributed by atoms with E-state index in [9.17, 15) is 0 Å². The van der Waals surface area contributed by atoms with Crippen LogP contribution in [0.4, 0.5) is 0 Å². The van der Waals surface area contributed by atoms with Gasteiger partial charge < -0.3 is 9.64 Å². The zero-order valence-corrected chi connectivity index (χ0v) is 15.4. The van der Waals surface area contributed by atoms with E-state index in [1.54, 1.807) is 0 Å². The number of likely N-dealkylation sites (tertiary alicyclic amines) is 1. The van der Waals surface area contributed by atoms with E-state index >= 15 is 0 Å². The Morgan fingerprint density at radius 3 is 2.88 bits per heavy atom. The summed E-state index contributed by atoms with van der Waals surface area (Å²) in [5, 5.41) is 0.837. The van der Waals surface area contributed by atoms with Crippen molar-refractivity contribution >= 4 is 11.6 Å². The predicted octanol–water partition coefficient (Wildman–Crippen LogP) is 5.06. The summed E-state index contributed by atoms with van der Waals surface area (Å²) >= 11 is 6.28. The lowest BCUT2D eigenvalue weighted by Crippen LogP contribution is -2.46. The highest BCUT2D eigenvalue weighted by atomic mass is 35.5. The van der Waals surface area contributed by atoms with Gasteiger partial charge in [-0.1, -0.05) is 30.7 Å². The number of piperidine rings is 1. The molecule has 0 radical (unpaired) electrons. The Morgan fingerprint density at radius 2 is 2.08 bits per heavy atom. The molecular weight excluding hydrogens is 318 g/mol. The fraction of sp³-hybridized carbons (Fsp3) is 0.619. The van der Waals surface area contributed by atoms with E-state index < -0.39 is 0 Å². The lowest BCUT2D eigenvalue weighted by molar-refractivity contribution is 0.0981. The van der Waals surface area contributed by atoms with Crippen LogP contribution < -0.4 is 4.74 Å². The summed E-state index contributed by atoms with van der Waals surface area (Å²) in [5.74, 6) is 2.63. The Bertz CT molecular complexity index is 618. The summed E-state index contributed by atoms with van der Waals surface area (Å²) in [6.07, 6.45) is 11.0. The number of fused-ring (bicyclic) bond motifs is 2. The predicted molar refractivity (Wildman–Crippen MR) is 99.9 cm³/mol. The van der Waals surface area contributed by atoms with Crippen LogP contribution in [0.2, 0.25) is 5.02 Å². The van der Waals surface area contributed by atoms with E-state index in [1.165, 1.54) is 50.9 Å². The minimum Gasteiger partial charge on any atom is -0.493 e. The van der Waals surface area contributed by atoms with Gasteiger partial charge in [0, 0.05) is 22.5 Å². The monoisotopic (exact) mass is 345 g/mol. The highest BCUT2D eigenvalue weighted by Crippen LogP contribution is 2.46. The van der Waals surface area contributed by atoms with Gasteiger partial charge in [0.15, 0.2) is 0 Å². The molecule has 4 rings (SSSR count). The summed E-state index contributed by atoms with van der Waals surface area (Å²) in [6.45, 7) is 6.90. The van der Waals surface area contributed by atoms with Crippen molar-refractivity contribution in [3.63, 3.8) is 0 Å². The van der Waals surface area contributed by atoms with E-state index in [0.717, 1.165) is 35.6 Å². The van der Waals surface area contributed by atoms with Crippen molar-refractivity contribution in [1.82, 2.24) is 4.90 Å². The molecule has 0 amide bonds. The molecule has 1 aromatic carbocycles. The first-order valence-electron chi connectivity index (χ1n) is 9.48. The zero-order chi connectivity index (χ0) is 16.6. The topological polar surface area (TPSA) is 12.5 Å². The highest BCUT2D eigenvalue weighted by Gasteiger charge is 2.40. The molecule has 1 aliphatic carbocycles. The summed E-state index contributed by atoms with van der Waals surface area (Å²) in [5.41, 5.74) is 1.64. The average molecular weight is 346 g/mol. The van der Waals surface area contributed by atoms with Crippen LogP contribution in [0.25, 0.3) is 0 Å². The van der Waals surface area contributed by atoms with Gasteiger partial charge in [0.2, 0.25) is 0 Å². The van der Waals surface area contributed by atoms with Gasteiger partial charge >= 0.3 is 0 Å². The molecule has 0 saturated carbocycles. The molecule has 130 valence electrons. The summed E-state index contributed by atoms with van der Waals surface area (Å²) in [4.78, 5) is 2.70. The van der Waals surface area contributed by atoms with Gasteiger partial charge in [-0.05, 0) is 75.2 Å². The van der Waals surface area contributed by atoms with Gasteiger partial charge in [0.05, 0.1) is 6.61 Å². The number of allylic oxidation sites excluding steroid dienone is 2. The first kappa shape index (κ1) is 16.5. The number of hydrogen-bond acceptors (Lipinski definition) is 2. The number of hydrogen-bond donors (Lipinski definition) is 0. The second-order valence-electron chi connectivity index (χ2n) is 7.94. The largest absolute Gasteiger partial charge is 0.493 e. The Morgan fingerprint density at radius 1 is 1.25 bits per heavy atom. The maximum absolute atomic E-state index is 6.28. The second kappa shape index (κ2) is 6.72. The van der Waals surface area contributed by atoms with Crippen molar-refractivity contribution in [3.8, 4) is 5.75 Å². The Labute approximate surface area is 150 Å². The molecule has 24 heavy (non-hydrogen) atoms. The molecule has 2 nitrogen and oxygen atoms in total. The van der Waals surface area contributed by atoms with Crippen LogP contribution in [0.3, 0.4) is 0 Å². The fourth-order valence-electron chi connectivity index (χ4n) is 4.85. The molecule has 0 bridgehead atoms. The van der Waals surface area contributed by atoms with Gasteiger partial charge in [-0.25, -0.2) is 0 Å². The molecule has 0 aromatic heterocycles. The third kappa shape index (κ3) is 3.11. The summed E-state index contributed by atoms with van der Waals surface area (Å²) in [7, 11) is 0. The number of halogens is 1. The SMILES string of the molecule is CC1C=CCC[C@@H]1CN1CCC2(CCOc3ccc(Cl)cc32)CC1. The Hall–Kier alpha value is -0.990. The Kier molecular flexibility index (Phi) is 4.62. The standard InChI is InChI=1S/C21H28ClNO/c1-16-4-2-3-5-17(16)15-23-11-8-21(9-12-23)10-13-24-20-7-6-18(22)14-19(20)21/h2,4,6-7,14,16-17H,3,5,8-13,15H2,1H3/t16?,17-/m1/s1. The van der Waals surface area contributed by atoms with E-state index in [1.807, 2.05) is 6.07 Å². The van der Waals surface area contributed by atoms with Crippen molar-refractivity contribution in [2.24, 2.45) is 11.8 Å². The van der Waals surface area contributed by atoms with Crippen molar-refractivity contribution in [3.05, 3.63) is 40.9 Å². The number of ether oxygens (including phenoxy) is 1. The van der Waals surface area contributed by atoms with Gasteiger partial charge in [0.1, 0.15) is 5.75 Å². The van der Waals surface area contributed by atoms with Gasteiger partial charge in [-0.15, -0.1) is 0 Å². The van der Waals surface area contributed by atoms with Gasteiger partial charge in [-0.2, -0.15) is 0 Å². The second-order valence-corrected chi connectivity index (χ2v) is 8.38. The van der Waals surface area contributed by atoms with Crippen molar-refractivity contribution < 1.29 is 4.74 Å². The van der Waals surface area contributed by atoms with Crippen molar-refractivity contribution in [1.29, 1.82) is 0 Å². The minimum absolute atomic E-state index is 0.285. The molecular formula is C21H28ClNO. The third-order valence-electron chi connectivity index (χ3n) is 6.54. The minimum atomic E-state index is 0.285. The van der Waals surface area contributed by atoms with Crippen molar-refractivity contribution in [2.75, 3.05) is 26.2 Å². The molecule has 3 heteroatoms. The first-order valence-corrected chi connectivity index (χ1v) is 9.86. The maximum atomic E-state index is 6.28. The summed E-state index contributed by atoms with van der Waals surface area (Å²) in [6, 6.07) is 6.16. The number of nitrogens with zero attached hydrogens (tertiary/aromatic N) is 1. The van der Waals surface area contributed by atoms with Crippen LogP contribution in [-0.2, 0) is 5.41 Å². The van der Waals surface area contributed by atoms with Crippen LogP contribution in [0.1, 0.15) is 44.6 Å². The smallest absolute Gasteiger partial charge is 0.123 e. The zero-order valence-electron chi connectivity index (χ0n) is 14.6. The number of rotatable bonds is 2. The Balaban J connectivity index is 1.45. The van der Waals surface area contributed by atoms with Crippen molar-refractivity contribution in [2.45, 2.75) is 44.4 Å². The van der Waals surface area contributed by atoms with Crippen LogP contribution in [0.15, 0.2) is 30.4 Å². The van der Waals surface area contributed by atoms with Gasteiger partial charge in [-0.3, -0.25) is 0 Å². The molecule has 2 aliphatic heterocycles. The first-order chi connectivity index (χ1) is 11.7. The number of benzene rings is 1. The lowest BCUT2D eigenvalue weighted by atomic mass is 9.69. The molecule has 1 aromatic rings. The molecule has 1 spiro atoms. The van der Waals surface area contributed by atoms with Gasteiger partial charge in [0.25, 0.3) is 0 Å². The van der Waals surface area contributed by atoms with Crippen LogP contribution in [0, 0.1) is 11.8 Å². The van der Waals surface area contributed by atoms with E-state index in [2.05, 4.69) is 36.1 Å². The normalized spacial score (nSPS) is 29.2. The maximum Gasteiger partial charge on any atom is 0.123 e. The van der Waals surface area contributed by atoms with E-state index in [0.29, 0.717) is 0 Å². The molecule has 1 saturated heterocycles. The molecule has 3 aliphatic rings. The fourth-order valence-corrected chi connectivity index (χ4v) is 5.02. The molecule has 1 unspecified atom stereocenters. The van der Waals surface area contributed by atoms with E-state index in [4.69, 9.17) is 16.3 Å². The third-order valence-corrected chi connectivity index (χ3v) is 6.78. The average Bonchev–Trinajstić information content (AvgIpc) is 2.60. The van der Waals surface area contributed by atoms with E-state index in [-0.39, 0.29) is 5.41 Å². The van der Waals surface area contributed by atoms with Crippen LogP contribution in [-0.4, -0.2) is 31.1 Å².